The molecule has 5 heteroatoms. The largest absolute Gasteiger partial charge is 0.357 e. The molecule has 1 aliphatic carbocycles. The average Bonchev–Trinajstić information content (AvgIpc) is 3.24. The van der Waals surface area contributed by atoms with Gasteiger partial charge in [0, 0.05) is 25.8 Å². The van der Waals surface area contributed by atoms with E-state index < -0.39 is 5.41 Å². The van der Waals surface area contributed by atoms with Crippen molar-refractivity contribution < 1.29 is 9.18 Å². The smallest absolute Gasteiger partial charge is 0.230 e. The van der Waals surface area contributed by atoms with Crippen molar-refractivity contribution in [1.29, 1.82) is 0 Å². The predicted molar refractivity (Wildman–Crippen MR) is 113 cm³/mol. The second-order valence-corrected chi connectivity index (χ2v) is 8.68. The third kappa shape index (κ3) is 4.29. The number of amides is 1. The summed E-state index contributed by atoms with van der Waals surface area (Å²) in [5.74, 6) is 1.52. The molecule has 4 nitrogen and oxygen atoms in total. The van der Waals surface area contributed by atoms with Gasteiger partial charge in [-0.05, 0) is 60.9 Å². The van der Waals surface area contributed by atoms with Gasteiger partial charge in [-0.2, -0.15) is 0 Å². The van der Waals surface area contributed by atoms with E-state index in [1.165, 1.54) is 25.0 Å². The lowest BCUT2D eigenvalue weighted by Gasteiger charge is -2.31. The van der Waals surface area contributed by atoms with E-state index in [4.69, 9.17) is 0 Å². The van der Waals surface area contributed by atoms with E-state index in [1.54, 1.807) is 6.07 Å². The Balaban J connectivity index is 1.41. The second-order valence-electron chi connectivity index (χ2n) is 8.68. The molecular formula is C24H30FN3O. The Bertz CT molecular complexity index is 837. The molecule has 1 N–H and O–H groups in total. The first-order chi connectivity index (χ1) is 14.1. The first-order valence-electron chi connectivity index (χ1n) is 10.8. The van der Waals surface area contributed by atoms with Gasteiger partial charge in [0.1, 0.15) is 11.6 Å². The summed E-state index contributed by atoms with van der Waals surface area (Å²) in [6.07, 6.45) is 7.81. The number of aromatic nitrogens is 1. The van der Waals surface area contributed by atoms with Crippen LogP contribution in [-0.4, -0.2) is 24.0 Å². The minimum atomic E-state index is -0.611. The molecule has 0 atom stereocenters. The molecule has 154 valence electrons. The number of halogens is 1. The van der Waals surface area contributed by atoms with Gasteiger partial charge in [0.2, 0.25) is 5.91 Å². The van der Waals surface area contributed by atoms with E-state index in [2.05, 4.69) is 28.2 Å². The van der Waals surface area contributed by atoms with Crippen LogP contribution in [0.2, 0.25) is 0 Å². The minimum absolute atomic E-state index is 0.00491. The third-order valence-electron chi connectivity index (χ3n) is 6.64. The molecule has 2 aromatic rings. The van der Waals surface area contributed by atoms with Crippen LogP contribution in [0.1, 0.15) is 56.6 Å². The standard InChI is InChI=1S/C24H30FN3O/c1-18-9-13-28(14-10-18)22-8-7-19(16-26-22)17-27-23(29)24(11-2-3-12-24)20-5-4-6-21(25)15-20/h4-8,15-16,18H,2-3,9-14,17H2,1H3,(H,27,29). The SMILES string of the molecule is CC1CCN(c2ccc(CNC(=O)C3(c4cccc(F)c4)CCCC3)cn2)CC1. The predicted octanol–water partition coefficient (Wildman–Crippen LogP) is 4.59. The fraction of sp³-hybridized carbons (Fsp3) is 0.500. The zero-order valence-electron chi connectivity index (χ0n) is 17.2. The first-order valence-corrected chi connectivity index (χ1v) is 10.8. The maximum Gasteiger partial charge on any atom is 0.230 e. The van der Waals surface area contributed by atoms with Gasteiger partial charge in [-0.25, -0.2) is 9.37 Å². The molecular weight excluding hydrogens is 365 g/mol. The summed E-state index contributed by atoms with van der Waals surface area (Å²) in [7, 11) is 0. The summed E-state index contributed by atoms with van der Waals surface area (Å²) < 4.78 is 13.8. The minimum Gasteiger partial charge on any atom is -0.357 e. The van der Waals surface area contributed by atoms with Gasteiger partial charge in [-0.15, -0.1) is 0 Å². The highest BCUT2D eigenvalue weighted by Gasteiger charge is 2.42. The van der Waals surface area contributed by atoms with Crippen LogP contribution in [0.4, 0.5) is 10.2 Å². The second kappa shape index (κ2) is 8.52. The zero-order valence-corrected chi connectivity index (χ0v) is 17.2. The first kappa shape index (κ1) is 19.9. The fourth-order valence-electron chi connectivity index (χ4n) is 4.71. The van der Waals surface area contributed by atoms with Gasteiger partial charge in [0.15, 0.2) is 0 Å². The number of benzene rings is 1. The van der Waals surface area contributed by atoms with Gasteiger partial charge in [-0.1, -0.05) is 38.0 Å². The van der Waals surface area contributed by atoms with Crippen molar-refractivity contribution in [2.45, 2.75) is 57.4 Å². The lowest BCUT2D eigenvalue weighted by Crippen LogP contribution is -2.42. The third-order valence-corrected chi connectivity index (χ3v) is 6.64. The fourth-order valence-corrected chi connectivity index (χ4v) is 4.71. The highest BCUT2D eigenvalue weighted by atomic mass is 19.1. The van der Waals surface area contributed by atoms with Gasteiger partial charge in [-0.3, -0.25) is 4.79 Å². The van der Waals surface area contributed by atoms with Crippen molar-refractivity contribution in [2.75, 3.05) is 18.0 Å². The lowest BCUT2D eigenvalue weighted by atomic mass is 9.78. The number of rotatable bonds is 5. The van der Waals surface area contributed by atoms with Crippen molar-refractivity contribution in [2.24, 2.45) is 5.92 Å². The molecule has 1 aromatic heterocycles. The normalized spacial score (nSPS) is 19.3. The lowest BCUT2D eigenvalue weighted by molar-refractivity contribution is -0.126. The summed E-state index contributed by atoms with van der Waals surface area (Å²) in [6.45, 7) is 4.86. The van der Waals surface area contributed by atoms with Crippen LogP contribution >= 0.6 is 0 Å². The van der Waals surface area contributed by atoms with Crippen LogP contribution < -0.4 is 10.2 Å². The molecule has 2 aliphatic rings. The number of hydrogen-bond donors (Lipinski definition) is 1. The number of nitrogens with zero attached hydrogens (tertiary/aromatic N) is 2. The Labute approximate surface area is 172 Å². The van der Waals surface area contributed by atoms with Crippen molar-refractivity contribution >= 4 is 11.7 Å². The van der Waals surface area contributed by atoms with E-state index in [0.29, 0.717) is 6.54 Å². The number of piperidine rings is 1. The van der Waals surface area contributed by atoms with Crippen LogP contribution in [0.3, 0.4) is 0 Å². The number of carbonyl (C=O) groups is 1. The number of carbonyl (C=O) groups excluding carboxylic acids is 1. The van der Waals surface area contributed by atoms with Crippen LogP contribution in [0.25, 0.3) is 0 Å². The van der Waals surface area contributed by atoms with Gasteiger partial charge in [0.05, 0.1) is 5.41 Å². The molecule has 2 fully saturated rings. The Morgan fingerprint density at radius 3 is 2.62 bits per heavy atom. The van der Waals surface area contributed by atoms with E-state index in [0.717, 1.165) is 61.6 Å². The Morgan fingerprint density at radius 2 is 1.97 bits per heavy atom. The molecule has 1 aliphatic heterocycles. The summed E-state index contributed by atoms with van der Waals surface area (Å²) in [5, 5.41) is 3.09. The zero-order chi connectivity index (χ0) is 20.3. The summed E-state index contributed by atoms with van der Waals surface area (Å²) in [6, 6.07) is 10.6. The van der Waals surface area contributed by atoms with Crippen LogP contribution in [-0.2, 0) is 16.8 Å². The molecule has 0 bridgehead atoms. The monoisotopic (exact) mass is 395 g/mol. The van der Waals surface area contributed by atoms with E-state index in [9.17, 15) is 9.18 Å². The molecule has 4 rings (SSSR count). The van der Waals surface area contributed by atoms with E-state index in [-0.39, 0.29) is 11.7 Å². The highest BCUT2D eigenvalue weighted by molar-refractivity contribution is 5.88. The van der Waals surface area contributed by atoms with Gasteiger partial charge < -0.3 is 10.2 Å². The highest BCUT2D eigenvalue weighted by Crippen LogP contribution is 2.41. The molecule has 1 saturated heterocycles. The maximum absolute atomic E-state index is 13.8. The average molecular weight is 396 g/mol. The topological polar surface area (TPSA) is 45.2 Å². The van der Waals surface area contributed by atoms with Crippen molar-refractivity contribution in [3.63, 3.8) is 0 Å². The van der Waals surface area contributed by atoms with Crippen LogP contribution in [0.5, 0.6) is 0 Å². The van der Waals surface area contributed by atoms with Gasteiger partial charge in [0.25, 0.3) is 0 Å². The molecule has 29 heavy (non-hydrogen) atoms. The molecule has 1 amide bonds. The van der Waals surface area contributed by atoms with Crippen molar-refractivity contribution in [3.8, 4) is 0 Å². The quantitative estimate of drug-likeness (QED) is 0.806. The molecule has 1 aromatic carbocycles. The molecule has 0 radical (unpaired) electrons. The van der Waals surface area contributed by atoms with Crippen molar-refractivity contribution in [3.05, 3.63) is 59.5 Å². The number of hydrogen-bond acceptors (Lipinski definition) is 3. The number of pyridine rings is 1. The molecule has 1 saturated carbocycles. The maximum atomic E-state index is 13.8. The summed E-state index contributed by atoms with van der Waals surface area (Å²) in [5.41, 5.74) is 1.17. The Morgan fingerprint density at radius 1 is 1.21 bits per heavy atom. The Kier molecular flexibility index (Phi) is 5.84. The van der Waals surface area contributed by atoms with Gasteiger partial charge >= 0.3 is 0 Å². The number of nitrogens with one attached hydrogen (secondary N) is 1. The summed E-state index contributed by atoms with van der Waals surface area (Å²) >= 11 is 0. The van der Waals surface area contributed by atoms with E-state index >= 15 is 0 Å². The summed E-state index contributed by atoms with van der Waals surface area (Å²) in [4.78, 5) is 20.1. The Hall–Kier alpha value is -2.43. The molecule has 2 heterocycles. The van der Waals surface area contributed by atoms with Crippen LogP contribution in [0, 0.1) is 11.7 Å². The van der Waals surface area contributed by atoms with Crippen molar-refractivity contribution in [1.82, 2.24) is 10.3 Å². The van der Waals surface area contributed by atoms with E-state index in [1.807, 2.05) is 18.3 Å². The van der Waals surface area contributed by atoms with Crippen LogP contribution in [0.15, 0.2) is 42.6 Å². The molecule has 0 unspecified atom stereocenters. The number of anilines is 1. The molecule has 0 spiro atoms.